The lowest BCUT2D eigenvalue weighted by Gasteiger charge is -2.32. The van der Waals surface area contributed by atoms with Crippen LogP contribution in [0.5, 0.6) is 0 Å². The Kier molecular flexibility index (Phi) is 10.6. The molecule has 0 aromatic heterocycles. The molecule has 15 heavy (non-hydrogen) atoms. The highest BCUT2D eigenvalue weighted by Crippen LogP contribution is 2.37. The molecular weight excluding hydrogens is 184 g/mol. The van der Waals surface area contributed by atoms with E-state index >= 15 is 0 Å². The molecule has 2 aliphatic rings. The second-order valence-electron chi connectivity index (χ2n) is 4.80. The first kappa shape index (κ1) is 17.3. The first-order valence-electron chi connectivity index (χ1n) is 5.97. The summed E-state index contributed by atoms with van der Waals surface area (Å²) in [7, 11) is 0. The van der Waals surface area contributed by atoms with Gasteiger partial charge in [0.2, 0.25) is 0 Å². The van der Waals surface area contributed by atoms with E-state index in [1.165, 1.54) is 38.5 Å². The first-order valence-corrected chi connectivity index (χ1v) is 5.97. The Hall–Kier alpha value is -0.0800. The lowest BCUT2D eigenvalue weighted by molar-refractivity contribution is 0.196. The van der Waals surface area contributed by atoms with Crippen molar-refractivity contribution in [3.8, 4) is 0 Å². The second-order valence-corrected chi connectivity index (χ2v) is 4.80. The van der Waals surface area contributed by atoms with Gasteiger partial charge in [-0.1, -0.05) is 71.6 Å². The third-order valence-electron chi connectivity index (χ3n) is 3.97. The van der Waals surface area contributed by atoms with E-state index in [1.807, 2.05) is 0 Å². The van der Waals surface area contributed by atoms with Crippen molar-refractivity contribution in [3.63, 3.8) is 0 Å². The number of rotatable bonds is 1. The molecule has 94 valence electrons. The fraction of sp³-hybridized carbons (Fsp3) is 1.00. The Morgan fingerprint density at radius 2 is 0.733 bits per heavy atom. The van der Waals surface area contributed by atoms with Crippen LogP contribution in [0.25, 0.3) is 0 Å². The van der Waals surface area contributed by atoms with Crippen LogP contribution in [0.1, 0.15) is 71.6 Å². The van der Waals surface area contributed by atoms with E-state index in [9.17, 15) is 0 Å². The maximum Gasteiger partial charge on any atom is -0.0386 e. The summed E-state index contributed by atoms with van der Waals surface area (Å²) >= 11 is 0. The molecule has 2 rings (SSSR count). The third-order valence-corrected chi connectivity index (χ3v) is 3.97. The molecule has 2 aliphatic carbocycles. The molecule has 0 bridgehead atoms. The minimum Gasteiger partial charge on any atom is -0.344 e. The molecule has 0 saturated heterocycles. The van der Waals surface area contributed by atoms with E-state index in [1.54, 1.807) is 25.7 Å². The van der Waals surface area contributed by atoms with Crippen LogP contribution in [0, 0.1) is 11.8 Å². The van der Waals surface area contributed by atoms with Crippen molar-refractivity contribution in [3.05, 3.63) is 0 Å². The summed E-state index contributed by atoms with van der Waals surface area (Å²) in [6, 6.07) is 0. The van der Waals surface area contributed by atoms with Crippen molar-refractivity contribution in [1.29, 1.82) is 0 Å². The van der Waals surface area contributed by atoms with E-state index in [0.717, 1.165) is 11.8 Å². The highest BCUT2D eigenvalue weighted by Gasteiger charge is 2.24. The molecule has 2 heteroatoms. The Morgan fingerprint density at radius 3 is 1.00 bits per heavy atom. The van der Waals surface area contributed by atoms with Crippen LogP contribution >= 0.6 is 0 Å². The van der Waals surface area contributed by atoms with Crippen molar-refractivity contribution in [2.75, 3.05) is 0 Å². The van der Waals surface area contributed by atoms with Gasteiger partial charge < -0.3 is 12.3 Å². The zero-order valence-electron chi connectivity index (χ0n) is 9.64. The molecule has 0 unspecified atom stereocenters. The zero-order valence-corrected chi connectivity index (χ0v) is 9.64. The van der Waals surface area contributed by atoms with E-state index in [-0.39, 0.29) is 19.7 Å². The van der Waals surface area contributed by atoms with Gasteiger partial charge in [-0.25, -0.2) is 0 Å². The van der Waals surface area contributed by atoms with E-state index < -0.39 is 0 Å². The van der Waals surface area contributed by atoms with Gasteiger partial charge in [-0.05, 0) is 11.8 Å². The molecule has 0 spiro atoms. The molecule has 0 aromatic carbocycles. The van der Waals surface area contributed by atoms with Gasteiger partial charge >= 0.3 is 0 Å². The second kappa shape index (κ2) is 9.17. The van der Waals surface area contributed by atoms with Crippen LogP contribution < -0.4 is 12.3 Å². The van der Waals surface area contributed by atoms with E-state index in [0.29, 0.717) is 0 Å². The highest BCUT2D eigenvalue weighted by atomic mass is 14.3. The maximum atomic E-state index is 1.56. The smallest absolute Gasteiger partial charge is 0.0386 e. The third kappa shape index (κ3) is 4.98. The first-order chi connectivity index (χ1) is 5.97. The number of hydrogen-bond donors (Lipinski definition) is 2. The van der Waals surface area contributed by atoms with Crippen LogP contribution in [0.2, 0.25) is 0 Å². The number of hydrogen-bond acceptors (Lipinski definition) is 2. The topological polar surface area (TPSA) is 70.0 Å². The van der Waals surface area contributed by atoms with E-state index in [4.69, 9.17) is 0 Å². The Labute approximate surface area is 96.4 Å². The average molecular weight is 216 g/mol. The Balaban J connectivity index is 0. The summed E-state index contributed by atoms with van der Waals surface area (Å²) in [5.41, 5.74) is 0. The van der Waals surface area contributed by atoms with Crippen molar-refractivity contribution < 1.29 is 0 Å². The van der Waals surface area contributed by atoms with Crippen molar-refractivity contribution in [2.24, 2.45) is 11.8 Å². The monoisotopic (exact) mass is 216 g/mol. The highest BCUT2D eigenvalue weighted by molar-refractivity contribution is 4.76. The van der Waals surface area contributed by atoms with Gasteiger partial charge in [-0.15, -0.1) is 0 Å². The Morgan fingerprint density at radius 1 is 0.467 bits per heavy atom. The average Bonchev–Trinajstić information content (AvgIpc) is 2.21. The molecule has 2 nitrogen and oxygen atoms in total. The molecule has 0 aromatic rings. The zero-order chi connectivity index (χ0) is 8.23. The molecule has 0 atom stereocenters. The van der Waals surface area contributed by atoms with Crippen LogP contribution in [-0.2, 0) is 0 Å². The maximum absolute atomic E-state index is 1.56. The fourth-order valence-electron chi connectivity index (χ4n) is 3.21. The normalized spacial score (nSPS) is 23.2. The molecule has 2 saturated carbocycles. The molecule has 2 fully saturated rings. The van der Waals surface area contributed by atoms with Gasteiger partial charge in [0, 0.05) is 0 Å². The molecule has 0 radical (unpaired) electrons. The van der Waals surface area contributed by atoms with Crippen molar-refractivity contribution in [1.82, 2.24) is 12.3 Å². The largest absolute Gasteiger partial charge is 0.344 e. The predicted molar refractivity (Wildman–Crippen MR) is 69.9 cm³/mol. The van der Waals surface area contributed by atoms with Gasteiger partial charge in [-0.3, -0.25) is 0 Å². The van der Waals surface area contributed by atoms with Gasteiger partial charge in [0.05, 0.1) is 0 Å². The Bertz CT molecular complexity index is 108. The van der Waals surface area contributed by atoms with Crippen molar-refractivity contribution in [2.45, 2.75) is 71.6 Å². The van der Waals surface area contributed by atoms with Gasteiger partial charge in [0.15, 0.2) is 0 Å². The predicted octanol–water partition coefficient (Wildman–Crippen LogP) is 5.11. The molecule has 0 amide bonds. The summed E-state index contributed by atoms with van der Waals surface area (Å²) in [5, 5.41) is 0. The minimum atomic E-state index is 0. The lowest BCUT2D eigenvalue weighted by Crippen LogP contribution is -2.20. The SMILES string of the molecule is C.C1CCC(C2CCCCC2)CC1.N.N. The molecule has 0 heterocycles. The molecule has 6 N–H and O–H groups in total. The summed E-state index contributed by atoms with van der Waals surface area (Å²) < 4.78 is 0. The summed E-state index contributed by atoms with van der Waals surface area (Å²) in [6.45, 7) is 0. The molecular formula is C13H32N2. The fourth-order valence-corrected chi connectivity index (χ4v) is 3.21. The minimum absolute atomic E-state index is 0. The van der Waals surface area contributed by atoms with Gasteiger partial charge in [-0.2, -0.15) is 0 Å². The van der Waals surface area contributed by atoms with E-state index in [2.05, 4.69) is 0 Å². The standard InChI is InChI=1S/C12H22.CH4.2H3N/c1-3-7-11(8-4-1)12-9-5-2-6-10-12;;;/h11-12H,1-10H2;1H4;2*1H3. The van der Waals surface area contributed by atoms with Gasteiger partial charge in [0.25, 0.3) is 0 Å². The van der Waals surface area contributed by atoms with Crippen LogP contribution in [0.4, 0.5) is 0 Å². The summed E-state index contributed by atoms with van der Waals surface area (Å²) in [4.78, 5) is 0. The quantitative estimate of drug-likeness (QED) is 0.639. The molecule has 0 aliphatic heterocycles. The summed E-state index contributed by atoms with van der Waals surface area (Å²) in [6.07, 6.45) is 15.4. The lowest BCUT2D eigenvalue weighted by atomic mass is 9.73. The van der Waals surface area contributed by atoms with Crippen LogP contribution in [0.3, 0.4) is 0 Å². The van der Waals surface area contributed by atoms with Crippen molar-refractivity contribution >= 4 is 0 Å². The van der Waals surface area contributed by atoms with Crippen LogP contribution in [-0.4, -0.2) is 0 Å². The summed E-state index contributed by atoms with van der Waals surface area (Å²) in [5.74, 6) is 2.28. The van der Waals surface area contributed by atoms with Gasteiger partial charge in [0.1, 0.15) is 0 Å². The van der Waals surface area contributed by atoms with Crippen LogP contribution in [0.15, 0.2) is 0 Å².